The van der Waals surface area contributed by atoms with Gasteiger partial charge in [0.25, 0.3) is 5.91 Å². The molecule has 1 aliphatic heterocycles. The van der Waals surface area contributed by atoms with E-state index in [1.165, 1.54) is 6.92 Å². The van der Waals surface area contributed by atoms with Gasteiger partial charge in [0.15, 0.2) is 0 Å². The van der Waals surface area contributed by atoms with Gasteiger partial charge in [-0.1, -0.05) is 20.8 Å². The molecule has 14 heavy (non-hydrogen) atoms. The van der Waals surface area contributed by atoms with Crippen molar-refractivity contribution in [3.63, 3.8) is 0 Å². The number of nitrogens with one attached hydrogen (secondary N) is 2. The molecule has 5 heteroatoms. The first-order chi connectivity index (χ1) is 6.15. The molecule has 1 fully saturated rings. The standard InChI is InChI=1S/C9H16F2N2O/c1-5-9(10,11)7(14)13-6(12-5)8(2,3)4/h5-6,12H,1-4H3,(H,13,14)/t5-,6?/m0/s1. The second-order valence-corrected chi connectivity index (χ2v) is 4.78. The molecule has 2 atom stereocenters. The highest BCUT2D eigenvalue weighted by molar-refractivity contribution is 5.85. The van der Waals surface area contributed by atoms with Crippen molar-refractivity contribution in [2.75, 3.05) is 0 Å². The highest BCUT2D eigenvalue weighted by Crippen LogP contribution is 2.27. The van der Waals surface area contributed by atoms with Crippen LogP contribution in [0.2, 0.25) is 0 Å². The van der Waals surface area contributed by atoms with Crippen LogP contribution in [0.25, 0.3) is 0 Å². The van der Waals surface area contributed by atoms with Gasteiger partial charge in [0.2, 0.25) is 0 Å². The molecule has 0 saturated carbocycles. The molecule has 82 valence electrons. The van der Waals surface area contributed by atoms with Crippen LogP contribution in [-0.4, -0.2) is 24.0 Å². The van der Waals surface area contributed by atoms with E-state index in [0.717, 1.165) is 0 Å². The lowest BCUT2D eigenvalue weighted by molar-refractivity contribution is -0.158. The summed E-state index contributed by atoms with van der Waals surface area (Å²) in [6.07, 6.45) is -0.412. The molecule has 1 unspecified atom stereocenters. The SMILES string of the molecule is C[C@@H]1NC(C(C)(C)C)NC(=O)C1(F)F. The lowest BCUT2D eigenvalue weighted by atomic mass is 9.89. The number of hydrogen-bond donors (Lipinski definition) is 2. The highest BCUT2D eigenvalue weighted by atomic mass is 19.3. The summed E-state index contributed by atoms with van der Waals surface area (Å²) in [5.41, 5.74) is -0.277. The lowest BCUT2D eigenvalue weighted by Gasteiger charge is -2.41. The van der Waals surface area contributed by atoms with Gasteiger partial charge in [0.1, 0.15) is 0 Å². The highest BCUT2D eigenvalue weighted by Gasteiger charge is 2.51. The number of carbonyl (C=O) groups is 1. The third-order valence-electron chi connectivity index (χ3n) is 2.40. The molecule has 0 radical (unpaired) electrons. The Hall–Kier alpha value is -0.710. The molecule has 0 aromatic heterocycles. The minimum atomic E-state index is -3.32. The molecule has 1 saturated heterocycles. The summed E-state index contributed by atoms with van der Waals surface area (Å²) in [5, 5.41) is 4.97. The predicted molar refractivity (Wildman–Crippen MR) is 48.9 cm³/mol. The van der Waals surface area contributed by atoms with Crippen molar-refractivity contribution in [1.82, 2.24) is 10.6 Å². The Morgan fingerprint density at radius 1 is 1.36 bits per heavy atom. The van der Waals surface area contributed by atoms with Crippen LogP contribution in [0, 0.1) is 5.41 Å². The summed E-state index contributed by atoms with van der Waals surface area (Å²) >= 11 is 0. The van der Waals surface area contributed by atoms with Crippen molar-refractivity contribution < 1.29 is 13.6 Å². The van der Waals surface area contributed by atoms with Crippen LogP contribution in [-0.2, 0) is 4.79 Å². The largest absolute Gasteiger partial charge is 0.339 e. The zero-order valence-electron chi connectivity index (χ0n) is 8.82. The zero-order chi connectivity index (χ0) is 11.1. The zero-order valence-corrected chi connectivity index (χ0v) is 8.82. The summed E-state index contributed by atoms with van der Waals surface area (Å²) in [5.74, 6) is -4.51. The average molecular weight is 206 g/mol. The fraction of sp³-hybridized carbons (Fsp3) is 0.889. The van der Waals surface area contributed by atoms with Crippen molar-refractivity contribution in [1.29, 1.82) is 0 Å². The number of rotatable bonds is 0. The van der Waals surface area contributed by atoms with Gasteiger partial charge in [-0.3, -0.25) is 10.1 Å². The van der Waals surface area contributed by atoms with Crippen molar-refractivity contribution >= 4 is 5.91 Å². The van der Waals surface area contributed by atoms with Gasteiger partial charge in [-0.25, -0.2) is 0 Å². The minimum Gasteiger partial charge on any atom is -0.335 e. The van der Waals surface area contributed by atoms with Gasteiger partial charge in [-0.2, -0.15) is 8.78 Å². The van der Waals surface area contributed by atoms with Gasteiger partial charge in [0, 0.05) is 0 Å². The molecular formula is C9H16F2N2O. The Morgan fingerprint density at radius 3 is 2.21 bits per heavy atom. The van der Waals surface area contributed by atoms with E-state index in [9.17, 15) is 13.6 Å². The molecule has 1 heterocycles. The van der Waals surface area contributed by atoms with Crippen LogP contribution in [0.15, 0.2) is 0 Å². The first-order valence-electron chi connectivity index (χ1n) is 4.60. The fourth-order valence-electron chi connectivity index (χ4n) is 1.29. The molecule has 0 bridgehead atoms. The molecule has 0 aromatic rings. The summed E-state index contributed by atoms with van der Waals surface area (Å²) in [6, 6.07) is -1.12. The molecule has 1 rings (SSSR count). The molecule has 0 aliphatic carbocycles. The summed E-state index contributed by atoms with van der Waals surface area (Å²) in [4.78, 5) is 11.1. The van der Waals surface area contributed by atoms with Crippen LogP contribution in [0.3, 0.4) is 0 Å². The predicted octanol–water partition coefficient (Wildman–Crippen LogP) is 1.10. The summed E-state index contributed by atoms with van der Waals surface area (Å²) in [6.45, 7) is 6.95. The molecular weight excluding hydrogens is 190 g/mol. The van der Waals surface area contributed by atoms with Gasteiger partial charge >= 0.3 is 5.92 Å². The van der Waals surface area contributed by atoms with Gasteiger partial charge < -0.3 is 5.32 Å². The Kier molecular flexibility index (Phi) is 2.56. The number of halogens is 2. The molecule has 3 nitrogen and oxygen atoms in total. The Labute approximate surface area is 82.2 Å². The van der Waals surface area contributed by atoms with E-state index in [1.807, 2.05) is 20.8 Å². The van der Waals surface area contributed by atoms with E-state index in [-0.39, 0.29) is 5.41 Å². The van der Waals surface area contributed by atoms with Crippen LogP contribution in [0.5, 0.6) is 0 Å². The second kappa shape index (κ2) is 3.15. The number of hydrogen-bond acceptors (Lipinski definition) is 2. The normalized spacial score (nSPS) is 32.6. The van der Waals surface area contributed by atoms with Crippen molar-refractivity contribution in [2.45, 2.75) is 45.8 Å². The maximum absolute atomic E-state index is 13.1. The maximum atomic E-state index is 13.1. The van der Waals surface area contributed by atoms with E-state index >= 15 is 0 Å². The third-order valence-corrected chi connectivity index (χ3v) is 2.40. The molecule has 1 amide bonds. The first-order valence-corrected chi connectivity index (χ1v) is 4.60. The molecule has 0 spiro atoms. The number of carbonyl (C=O) groups excluding carboxylic acids is 1. The topological polar surface area (TPSA) is 41.1 Å². The van der Waals surface area contributed by atoms with E-state index in [4.69, 9.17) is 0 Å². The Morgan fingerprint density at radius 2 is 1.86 bits per heavy atom. The summed E-state index contributed by atoms with van der Waals surface area (Å²) in [7, 11) is 0. The first kappa shape index (κ1) is 11.4. The van der Waals surface area contributed by atoms with Crippen LogP contribution in [0.1, 0.15) is 27.7 Å². The van der Waals surface area contributed by atoms with Crippen molar-refractivity contribution in [3.05, 3.63) is 0 Å². The Bertz CT molecular complexity index is 248. The number of alkyl halides is 2. The summed E-state index contributed by atoms with van der Waals surface area (Å²) < 4.78 is 26.2. The third kappa shape index (κ3) is 1.87. The molecule has 1 aliphatic rings. The number of amides is 1. The Balaban J connectivity index is 2.81. The van der Waals surface area contributed by atoms with E-state index in [1.54, 1.807) is 0 Å². The van der Waals surface area contributed by atoms with Gasteiger partial charge in [-0.05, 0) is 12.3 Å². The van der Waals surface area contributed by atoms with Crippen molar-refractivity contribution in [3.8, 4) is 0 Å². The van der Waals surface area contributed by atoms with Crippen LogP contribution >= 0.6 is 0 Å². The quantitative estimate of drug-likeness (QED) is 0.623. The molecule has 2 N–H and O–H groups in total. The second-order valence-electron chi connectivity index (χ2n) is 4.78. The molecule has 0 aromatic carbocycles. The van der Waals surface area contributed by atoms with Gasteiger partial charge in [0.05, 0.1) is 12.2 Å². The average Bonchev–Trinajstić information content (AvgIpc) is 1.98. The van der Waals surface area contributed by atoms with E-state index < -0.39 is 24.0 Å². The smallest absolute Gasteiger partial charge is 0.335 e. The van der Waals surface area contributed by atoms with Crippen LogP contribution in [0.4, 0.5) is 8.78 Å². The van der Waals surface area contributed by atoms with Gasteiger partial charge in [-0.15, -0.1) is 0 Å². The van der Waals surface area contributed by atoms with Crippen molar-refractivity contribution in [2.24, 2.45) is 5.41 Å². The lowest BCUT2D eigenvalue weighted by Crippen LogP contribution is -2.69. The monoisotopic (exact) mass is 206 g/mol. The van der Waals surface area contributed by atoms with E-state index in [2.05, 4.69) is 10.6 Å². The van der Waals surface area contributed by atoms with E-state index in [0.29, 0.717) is 0 Å². The van der Waals surface area contributed by atoms with Crippen LogP contribution < -0.4 is 10.6 Å². The minimum absolute atomic E-state index is 0.277. The maximum Gasteiger partial charge on any atom is 0.339 e. The fourth-order valence-corrected chi connectivity index (χ4v) is 1.29.